The van der Waals surface area contributed by atoms with Crippen LogP contribution < -0.4 is 0 Å². The molecule has 0 saturated carbocycles. The molecule has 1 atom stereocenters. The van der Waals surface area contributed by atoms with Gasteiger partial charge in [0.05, 0.1) is 6.07 Å². The number of benzene rings is 1. The van der Waals surface area contributed by atoms with Gasteiger partial charge in [-0.1, -0.05) is 32.0 Å². The second-order valence-electron chi connectivity index (χ2n) is 4.24. The minimum Gasteiger partial charge on any atom is -0.282 e. The van der Waals surface area contributed by atoms with Crippen molar-refractivity contribution in [1.82, 2.24) is 4.90 Å². The highest BCUT2D eigenvalue weighted by atomic mass is 32.2. The fraction of sp³-hybridized carbons (Fsp3) is 0.500. The van der Waals surface area contributed by atoms with E-state index in [1.807, 2.05) is 17.8 Å². The van der Waals surface area contributed by atoms with Crippen molar-refractivity contribution in [2.24, 2.45) is 0 Å². The predicted molar refractivity (Wildman–Crippen MR) is 72.0 cm³/mol. The standard InChI is InChI=1S/C14H18N2S/c1-3-16(4-2)14(11-15)9-10-17-13-8-6-5-7-12(13)14/h5-8H,3-4,9-10H2,1-2H3. The molecule has 1 aromatic carbocycles. The minimum atomic E-state index is -0.411. The van der Waals surface area contributed by atoms with E-state index < -0.39 is 5.54 Å². The fourth-order valence-corrected chi connectivity index (χ4v) is 3.84. The molecule has 0 aromatic heterocycles. The molecular weight excluding hydrogens is 228 g/mol. The monoisotopic (exact) mass is 246 g/mol. The summed E-state index contributed by atoms with van der Waals surface area (Å²) in [5.41, 5.74) is 0.785. The number of hydrogen-bond donors (Lipinski definition) is 0. The van der Waals surface area contributed by atoms with Gasteiger partial charge < -0.3 is 0 Å². The van der Waals surface area contributed by atoms with E-state index in [9.17, 15) is 5.26 Å². The molecule has 0 bridgehead atoms. The molecule has 0 radical (unpaired) electrons. The van der Waals surface area contributed by atoms with Crippen LogP contribution in [-0.4, -0.2) is 23.7 Å². The highest BCUT2D eigenvalue weighted by molar-refractivity contribution is 7.99. The Balaban J connectivity index is 2.53. The third-order valence-electron chi connectivity index (χ3n) is 3.54. The number of rotatable bonds is 3. The zero-order chi connectivity index (χ0) is 12.3. The van der Waals surface area contributed by atoms with Gasteiger partial charge in [-0.15, -0.1) is 11.8 Å². The average molecular weight is 246 g/mol. The summed E-state index contributed by atoms with van der Waals surface area (Å²) < 4.78 is 0. The lowest BCUT2D eigenvalue weighted by molar-refractivity contribution is 0.144. The zero-order valence-electron chi connectivity index (χ0n) is 10.4. The van der Waals surface area contributed by atoms with Crippen molar-refractivity contribution in [2.45, 2.75) is 30.7 Å². The molecule has 3 heteroatoms. The van der Waals surface area contributed by atoms with Crippen LogP contribution in [-0.2, 0) is 5.54 Å². The SMILES string of the molecule is CCN(CC)C1(C#N)CCSc2ccccc21. The van der Waals surface area contributed by atoms with Gasteiger partial charge in [0, 0.05) is 16.2 Å². The first-order chi connectivity index (χ1) is 8.28. The lowest BCUT2D eigenvalue weighted by Crippen LogP contribution is -2.47. The summed E-state index contributed by atoms with van der Waals surface area (Å²) in [6, 6.07) is 10.9. The van der Waals surface area contributed by atoms with E-state index in [0.29, 0.717) is 0 Å². The van der Waals surface area contributed by atoms with Crippen molar-refractivity contribution < 1.29 is 0 Å². The molecule has 0 N–H and O–H groups in total. The molecule has 0 aliphatic carbocycles. The quantitative estimate of drug-likeness (QED) is 0.819. The first-order valence-corrected chi connectivity index (χ1v) is 7.15. The Morgan fingerprint density at radius 2 is 2.06 bits per heavy atom. The first kappa shape index (κ1) is 12.5. The second-order valence-corrected chi connectivity index (χ2v) is 5.38. The smallest absolute Gasteiger partial charge is 0.136 e. The summed E-state index contributed by atoms with van der Waals surface area (Å²) in [6.07, 6.45) is 0.923. The van der Waals surface area contributed by atoms with E-state index in [1.54, 1.807) is 0 Å². The number of hydrogen-bond acceptors (Lipinski definition) is 3. The van der Waals surface area contributed by atoms with Crippen LogP contribution in [0.1, 0.15) is 25.8 Å². The Labute approximate surface area is 108 Å². The van der Waals surface area contributed by atoms with Crippen LogP contribution in [0.2, 0.25) is 0 Å². The van der Waals surface area contributed by atoms with E-state index in [4.69, 9.17) is 0 Å². The third-order valence-corrected chi connectivity index (χ3v) is 4.62. The lowest BCUT2D eigenvalue weighted by atomic mass is 9.86. The zero-order valence-corrected chi connectivity index (χ0v) is 11.3. The van der Waals surface area contributed by atoms with Gasteiger partial charge in [0.15, 0.2) is 0 Å². The largest absolute Gasteiger partial charge is 0.282 e. The predicted octanol–water partition coefficient (Wildman–Crippen LogP) is 3.24. The van der Waals surface area contributed by atoms with Crippen LogP contribution in [0, 0.1) is 11.3 Å². The van der Waals surface area contributed by atoms with E-state index >= 15 is 0 Å². The fourth-order valence-electron chi connectivity index (χ4n) is 2.66. The Bertz CT molecular complexity index is 434. The van der Waals surface area contributed by atoms with Crippen LogP contribution in [0.5, 0.6) is 0 Å². The van der Waals surface area contributed by atoms with Crippen LogP contribution in [0.15, 0.2) is 29.2 Å². The summed E-state index contributed by atoms with van der Waals surface area (Å²) in [5, 5.41) is 9.72. The molecule has 0 saturated heterocycles. The number of fused-ring (bicyclic) bond motifs is 1. The summed E-state index contributed by atoms with van der Waals surface area (Å²) in [4.78, 5) is 3.55. The van der Waals surface area contributed by atoms with Gasteiger partial charge in [-0.05, 0) is 25.6 Å². The topological polar surface area (TPSA) is 27.0 Å². The van der Waals surface area contributed by atoms with Crippen molar-refractivity contribution in [2.75, 3.05) is 18.8 Å². The average Bonchev–Trinajstić information content (AvgIpc) is 2.40. The van der Waals surface area contributed by atoms with E-state index in [1.165, 1.54) is 10.5 Å². The molecule has 0 amide bonds. The molecule has 17 heavy (non-hydrogen) atoms. The molecule has 0 spiro atoms. The Hall–Kier alpha value is -0.980. The maximum absolute atomic E-state index is 9.72. The van der Waals surface area contributed by atoms with Gasteiger partial charge in [0.1, 0.15) is 5.54 Å². The third kappa shape index (κ3) is 1.96. The molecule has 1 aliphatic rings. The van der Waals surface area contributed by atoms with Crippen molar-refractivity contribution >= 4 is 11.8 Å². The molecule has 0 fully saturated rings. The maximum atomic E-state index is 9.72. The van der Waals surface area contributed by atoms with Crippen molar-refractivity contribution in [3.8, 4) is 6.07 Å². The van der Waals surface area contributed by atoms with E-state index in [0.717, 1.165) is 25.3 Å². The molecule has 2 nitrogen and oxygen atoms in total. The maximum Gasteiger partial charge on any atom is 0.136 e. The number of nitrogens with zero attached hydrogens (tertiary/aromatic N) is 2. The molecule has 1 unspecified atom stereocenters. The second kappa shape index (κ2) is 5.12. The van der Waals surface area contributed by atoms with E-state index in [2.05, 4.69) is 43.0 Å². The highest BCUT2D eigenvalue weighted by Gasteiger charge is 2.41. The summed E-state index contributed by atoms with van der Waals surface area (Å²) in [7, 11) is 0. The number of thioether (sulfide) groups is 1. The van der Waals surface area contributed by atoms with Crippen LogP contribution in [0.3, 0.4) is 0 Å². The van der Waals surface area contributed by atoms with Gasteiger partial charge >= 0.3 is 0 Å². The normalized spacial score (nSPS) is 23.2. The summed E-state index contributed by atoms with van der Waals surface area (Å²) in [5.74, 6) is 1.03. The molecule has 1 aromatic rings. The Morgan fingerprint density at radius 3 is 2.71 bits per heavy atom. The summed E-state index contributed by atoms with van der Waals surface area (Å²) >= 11 is 1.87. The first-order valence-electron chi connectivity index (χ1n) is 6.17. The summed E-state index contributed by atoms with van der Waals surface area (Å²) in [6.45, 7) is 6.10. The van der Waals surface area contributed by atoms with Crippen LogP contribution >= 0.6 is 11.8 Å². The van der Waals surface area contributed by atoms with Crippen molar-refractivity contribution in [1.29, 1.82) is 5.26 Å². The lowest BCUT2D eigenvalue weighted by Gasteiger charge is -2.41. The van der Waals surface area contributed by atoms with Crippen LogP contribution in [0.4, 0.5) is 0 Å². The minimum absolute atomic E-state index is 0.411. The van der Waals surface area contributed by atoms with Gasteiger partial charge in [-0.2, -0.15) is 5.26 Å². The van der Waals surface area contributed by atoms with Gasteiger partial charge in [0.25, 0.3) is 0 Å². The molecule has 2 rings (SSSR count). The van der Waals surface area contributed by atoms with Crippen molar-refractivity contribution in [3.05, 3.63) is 29.8 Å². The van der Waals surface area contributed by atoms with Gasteiger partial charge in [0.2, 0.25) is 0 Å². The van der Waals surface area contributed by atoms with Crippen LogP contribution in [0.25, 0.3) is 0 Å². The van der Waals surface area contributed by atoms with Crippen molar-refractivity contribution in [3.63, 3.8) is 0 Å². The van der Waals surface area contributed by atoms with Gasteiger partial charge in [-0.25, -0.2) is 0 Å². The molecular formula is C14H18N2S. The molecule has 1 heterocycles. The van der Waals surface area contributed by atoms with Gasteiger partial charge in [-0.3, -0.25) is 4.90 Å². The molecule has 1 aliphatic heterocycles. The number of nitriles is 1. The Kier molecular flexibility index (Phi) is 3.76. The van der Waals surface area contributed by atoms with E-state index in [-0.39, 0.29) is 0 Å². The Morgan fingerprint density at radius 1 is 1.35 bits per heavy atom. The highest BCUT2D eigenvalue weighted by Crippen LogP contribution is 2.43. The molecule has 90 valence electrons.